The van der Waals surface area contributed by atoms with Crippen molar-refractivity contribution < 1.29 is 0 Å². The van der Waals surface area contributed by atoms with Crippen LogP contribution in [0.5, 0.6) is 0 Å². The summed E-state index contributed by atoms with van der Waals surface area (Å²) >= 11 is 0. The lowest BCUT2D eigenvalue weighted by molar-refractivity contribution is 0.0949. The standard InChI is InChI=1S/C16H34N2/c1-6-15-12-18(10-8-7-9-13(2)3)16(11-17-15)14(4)5/h13-17H,6-12H2,1-5H3. The average molecular weight is 254 g/mol. The van der Waals surface area contributed by atoms with Gasteiger partial charge in [-0.3, -0.25) is 4.90 Å². The molecule has 2 nitrogen and oxygen atoms in total. The second-order valence-electron chi connectivity index (χ2n) is 6.71. The smallest absolute Gasteiger partial charge is 0.0244 e. The Morgan fingerprint density at radius 1 is 1.17 bits per heavy atom. The van der Waals surface area contributed by atoms with E-state index in [1.807, 2.05) is 0 Å². The molecule has 0 radical (unpaired) electrons. The van der Waals surface area contributed by atoms with Crippen LogP contribution >= 0.6 is 0 Å². The first-order valence-electron chi connectivity index (χ1n) is 8.02. The minimum atomic E-state index is 0.713. The van der Waals surface area contributed by atoms with Gasteiger partial charge in [-0.15, -0.1) is 0 Å². The van der Waals surface area contributed by atoms with Crippen LogP contribution in [-0.2, 0) is 0 Å². The van der Waals surface area contributed by atoms with Gasteiger partial charge in [-0.05, 0) is 31.2 Å². The zero-order chi connectivity index (χ0) is 13.5. The Labute approximate surface area is 115 Å². The van der Waals surface area contributed by atoms with Gasteiger partial charge in [0.1, 0.15) is 0 Å². The number of piperazine rings is 1. The number of rotatable bonds is 7. The molecule has 2 atom stereocenters. The second kappa shape index (κ2) is 8.16. The van der Waals surface area contributed by atoms with E-state index < -0.39 is 0 Å². The molecule has 108 valence electrons. The van der Waals surface area contributed by atoms with Crippen molar-refractivity contribution in [2.75, 3.05) is 19.6 Å². The highest BCUT2D eigenvalue weighted by Crippen LogP contribution is 2.17. The van der Waals surface area contributed by atoms with Crippen LogP contribution in [0.15, 0.2) is 0 Å². The Balaban J connectivity index is 2.36. The Hall–Kier alpha value is -0.0800. The topological polar surface area (TPSA) is 15.3 Å². The summed E-state index contributed by atoms with van der Waals surface area (Å²) in [5, 5.41) is 3.70. The molecule has 0 spiro atoms. The minimum Gasteiger partial charge on any atom is -0.311 e. The Morgan fingerprint density at radius 3 is 2.44 bits per heavy atom. The Kier molecular flexibility index (Phi) is 7.25. The predicted octanol–water partition coefficient (Wildman–Crippen LogP) is 3.52. The van der Waals surface area contributed by atoms with Crippen LogP contribution < -0.4 is 5.32 Å². The number of nitrogens with one attached hydrogen (secondary N) is 1. The number of nitrogens with zero attached hydrogens (tertiary/aromatic N) is 1. The van der Waals surface area contributed by atoms with E-state index in [1.54, 1.807) is 0 Å². The van der Waals surface area contributed by atoms with Crippen LogP contribution in [0.1, 0.15) is 60.3 Å². The van der Waals surface area contributed by atoms with Gasteiger partial charge in [-0.25, -0.2) is 0 Å². The van der Waals surface area contributed by atoms with Gasteiger partial charge in [0.25, 0.3) is 0 Å². The van der Waals surface area contributed by atoms with Crippen molar-refractivity contribution in [1.29, 1.82) is 0 Å². The van der Waals surface area contributed by atoms with Crippen molar-refractivity contribution in [3.05, 3.63) is 0 Å². The second-order valence-corrected chi connectivity index (χ2v) is 6.71. The molecule has 1 fully saturated rings. The summed E-state index contributed by atoms with van der Waals surface area (Å²) < 4.78 is 0. The summed E-state index contributed by atoms with van der Waals surface area (Å²) in [4.78, 5) is 2.75. The summed E-state index contributed by atoms with van der Waals surface area (Å²) in [6.07, 6.45) is 5.41. The van der Waals surface area contributed by atoms with Gasteiger partial charge < -0.3 is 5.32 Å². The monoisotopic (exact) mass is 254 g/mol. The molecular weight excluding hydrogens is 220 g/mol. The van der Waals surface area contributed by atoms with E-state index in [0.29, 0.717) is 6.04 Å². The van der Waals surface area contributed by atoms with E-state index in [0.717, 1.165) is 17.9 Å². The molecule has 2 heteroatoms. The molecule has 2 unspecified atom stereocenters. The van der Waals surface area contributed by atoms with Gasteiger partial charge in [-0.1, -0.05) is 47.5 Å². The fourth-order valence-corrected chi connectivity index (χ4v) is 2.95. The van der Waals surface area contributed by atoms with Crippen molar-refractivity contribution in [3.63, 3.8) is 0 Å². The molecular formula is C16H34N2. The molecule has 0 saturated carbocycles. The van der Waals surface area contributed by atoms with Crippen LogP contribution in [-0.4, -0.2) is 36.6 Å². The van der Waals surface area contributed by atoms with E-state index in [2.05, 4.69) is 44.8 Å². The maximum atomic E-state index is 3.70. The van der Waals surface area contributed by atoms with Crippen molar-refractivity contribution in [2.24, 2.45) is 11.8 Å². The first kappa shape index (κ1) is 16.0. The summed E-state index contributed by atoms with van der Waals surface area (Å²) in [6, 6.07) is 1.46. The summed E-state index contributed by atoms with van der Waals surface area (Å²) in [6.45, 7) is 15.4. The largest absolute Gasteiger partial charge is 0.311 e. The van der Waals surface area contributed by atoms with Crippen LogP contribution in [0.25, 0.3) is 0 Å². The zero-order valence-corrected chi connectivity index (χ0v) is 13.2. The van der Waals surface area contributed by atoms with E-state index >= 15 is 0 Å². The van der Waals surface area contributed by atoms with Gasteiger partial charge in [0.05, 0.1) is 0 Å². The molecule has 1 rings (SSSR count). The molecule has 0 aromatic rings. The third-order valence-electron chi connectivity index (χ3n) is 4.28. The first-order chi connectivity index (χ1) is 8.54. The zero-order valence-electron chi connectivity index (χ0n) is 13.2. The lowest BCUT2D eigenvalue weighted by Gasteiger charge is -2.42. The van der Waals surface area contributed by atoms with Crippen molar-refractivity contribution in [2.45, 2.75) is 72.4 Å². The molecule has 1 saturated heterocycles. The van der Waals surface area contributed by atoms with Crippen LogP contribution in [0.4, 0.5) is 0 Å². The molecule has 0 aromatic carbocycles. The Morgan fingerprint density at radius 2 is 1.89 bits per heavy atom. The quantitative estimate of drug-likeness (QED) is 0.699. The lowest BCUT2D eigenvalue weighted by atomic mass is 9.97. The van der Waals surface area contributed by atoms with E-state index in [9.17, 15) is 0 Å². The normalized spacial score (nSPS) is 26.2. The minimum absolute atomic E-state index is 0.713. The maximum Gasteiger partial charge on any atom is 0.0244 e. The predicted molar refractivity (Wildman–Crippen MR) is 81.0 cm³/mol. The first-order valence-corrected chi connectivity index (χ1v) is 8.02. The maximum absolute atomic E-state index is 3.70. The van der Waals surface area contributed by atoms with Gasteiger partial charge in [0.15, 0.2) is 0 Å². The molecule has 0 bridgehead atoms. The fraction of sp³-hybridized carbons (Fsp3) is 1.00. The fourth-order valence-electron chi connectivity index (χ4n) is 2.95. The van der Waals surface area contributed by atoms with E-state index in [1.165, 1.54) is 45.3 Å². The van der Waals surface area contributed by atoms with Crippen molar-refractivity contribution in [1.82, 2.24) is 10.2 Å². The van der Waals surface area contributed by atoms with Gasteiger partial charge >= 0.3 is 0 Å². The van der Waals surface area contributed by atoms with E-state index in [-0.39, 0.29) is 0 Å². The third-order valence-corrected chi connectivity index (χ3v) is 4.28. The highest BCUT2D eigenvalue weighted by Gasteiger charge is 2.28. The molecule has 0 amide bonds. The SMILES string of the molecule is CCC1CN(CCCCC(C)C)C(C(C)C)CN1. The molecule has 0 aromatic heterocycles. The molecule has 1 N–H and O–H groups in total. The number of unbranched alkanes of at least 4 members (excludes halogenated alkanes) is 1. The highest BCUT2D eigenvalue weighted by molar-refractivity contribution is 4.87. The molecule has 1 aliphatic rings. The molecule has 1 aliphatic heterocycles. The summed E-state index contributed by atoms with van der Waals surface area (Å²) in [7, 11) is 0. The molecule has 1 heterocycles. The summed E-state index contributed by atoms with van der Waals surface area (Å²) in [5.41, 5.74) is 0. The number of hydrogen-bond acceptors (Lipinski definition) is 2. The van der Waals surface area contributed by atoms with Crippen LogP contribution in [0.2, 0.25) is 0 Å². The molecule has 0 aliphatic carbocycles. The van der Waals surface area contributed by atoms with Crippen molar-refractivity contribution in [3.8, 4) is 0 Å². The van der Waals surface area contributed by atoms with Gasteiger partial charge in [0, 0.05) is 25.2 Å². The Bertz CT molecular complexity index is 213. The van der Waals surface area contributed by atoms with E-state index in [4.69, 9.17) is 0 Å². The third kappa shape index (κ3) is 5.27. The molecule has 18 heavy (non-hydrogen) atoms. The van der Waals surface area contributed by atoms with Crippen molar-refractivity contribution >= 4 is 0 Å². The van der Waals surface area contributed by atoms with Gasteiger partial charge in [-0.2, -0.15) is 0 Å². The van der Waals surface area contributed by atoms with Crippen LogP contribution in [0.3, 0.4) is 0 Å². The lowest BCUT2D eigenvalue weighted by Crippen LogP contribution is -2.58. The highest BCUT2D eigenvalue weighted by atomic mass is 15.2. The van der Waals surface area contributed by atoms with Crippen LogP contribution in [0, 0.1) is 11.8 Å². The summed E-state index contributed by atoms with van der Waals surface area (Å²) in [5.74, 6) is 1.62. The average Bonchev–Trinajstić information content (AvgIpc) is 2.33. The van der Waals surface area contributed by atoms with Gasteiger partial charge in [0.2, 0.25) is 0 Å². The number of hydrogen-bond donors (Lipinski definition) is 1.